The zero-order chi connectivity index (χ0) is 23.0. The monoisotopic (exact) mass is 507 g/mol. The van der Waals surface area contributed by atoms with Crippen LogP contribution in [0.25, 0.3) is 28.0 Å². The Kier molecular flexibility index (Phi) is 5.90. The van der Waals surface area contributed by atoms with Gasteiger partial charge in [0.05, 0.1) is 34.8 Å². The van der Waals surface area contributed by atoms with E-state index < -0.39 is 0 Å². The Morgan fingerprint density at radius 1 is 1.12 bits per heavy atom. The van der Waals surface area contributed by atoms with Crippen LogP contribution in [0.15, 0.2) is 59.3 Å². The van der Waals surface area contributed by atoms with Crippen LogP contribution >= 0.6 is 15.9 Å². The Morgan fingerprint density at radius 3 is 2.55 bits per heavy atom. The van der Waals surface area contributed by atoms with Crippen molar-refractivity contribution >= 4 is 27.4 Å². The van der Waals surface area contributed by atoms with Crippen molar-refractivity contribution < 1.29 is 9.84 Å². The van der Waals surface area contributed by atoms with Crippen molar-refractivity contribution in [2.24, 2.45) is 0 Å². The maximum absolute atomic E-state index is 10.1. The maximum Gasteiger partial charge on any atom is 0.165 e. The van der Waals surface area contributed by atoms with Crippen LogP contribution in [0.2, 0.25) is 0 Å². The molecule has 0 aliphatic heterocycles. The van der Waals surface area contributed by atoms with Gasteiger partial charge in [0.1, 0.15) is 5.82 Å². The molecule has 0 amide bonds. The summed E-state index contributed by atoms with van der Waals surface area (Å²) in [5.41, 5.74) is 11.5. The van der Waals surface area contributed by atoms with Crippen molar-refractivity contribution in [1.29, 1.82) is 0 Å². The lowest BCUT2D eigenvalue weighted by molar-refractivity contribution is 0.0486. The summed E-state index contributed by atoms with van der Waals surface area (Å²) in [5.74, 6) is 0.497. The third kappa shape index (κ3) is 3.92. The highest BCUT2D eigenvalue weighted by atomic mass is 79.9. The summed E-state index contributed by atoms with van der Waals surface area (Å²) in [6, 6.07) is 14.1. The molecular weight excluding hydrogens is 482 g/mol. The number of benzene rings is 1. The number of nitrogens with two attached hydrogens (primary N) is 1. The van der Waals surface area contributed by atoms with Gasteiger partial charge < -0.3 is 15.6 Å². The number of aliphatic hydroxyl groups excluding tert-OH is 1. The Bertz CT molecular complexity index is 1270. The second-order valence-electron chi connectivity index (χ2n) is 8.70. The molecule has 1 fully saturated rings. The predicted molar refractivity (Wildman–Crippen MR) is 132 cm³/mol. The Balaban J connectivity index is 1.60. The molecule has 0 radical (unpaired) electrons. The summed E-state index contributed by atoms with van der Waals surface area (Å²) in [6.45, 7) is 0.512. The van der Waals surface area contributed by atoms with Crippen molar-refractivity contribution in [2.45, 2.75) is 37.2 Å². The molecule has 5 rings (SSSR count). The van der Waals surface area contributed by atoms with E-state index in [2.05, 4.69) is 26.0 Å². The van der Waals surface area contributed by atoms with E-state index in [1.54, 1.807) is 17.8 Å². The van der Waals surface area contributed by atoms with Gasteiger partial charge in [0.2, 0.25) is 0 Å². The van der Waals surface area contributed by atoms with Crippen LogP contribution in [0, 0.1) is 0 Å². The number of rotatable bonds is 5. The number of hydrogen-bond donors (Lipinski definition) is 2. The van der Waals surface area contributed by atoms with E-state index in [0.717, 1.165) is 45.4 Å². The van der Waals surface area contributed by atoms with Gasteiger partial charge in [-0.15, -0.1) is 0 Å². The number of pyridine rings is 1. The molecule has 7 nitrogen and oxygen atoms in total. The van der Waals surface area contributed by atoms with E-state index in [-0.39, 0.29) is 11.5 Å². The molecule has 0 spiro atoms. The first-order valence-corrected chi connectivity index (χ1v) is 11.8. The van der Waals surface area contributed by atoms with Crippen LogP contribution in [0.3, 0.4) is 0 Å². The highest BCUT2D eigenvalue weighted by Gasteiger charge is 2.40. The predicted octanol–water partition coefficient (Wildman–Crippen LogP) is 4.62. The van der Waals surface area contributed by atoms with Crippen molar-refractivity contribution in [3.63, 3.8) is 0 Å². The maximum atomic E-state index is 10.1. The summed E-state index contributed by atoms with van der Waals surface area (Å²) >= 11 is 3.68. The minimum absolute atomic E-state index is 0.283. The first-order valence-electron chi connectivity index (χ1n) is 11.0. The molecule has 1 aliphatic rings. The number of ether oxygens (including phenoxy) is 1. The zero-order valence-corrected chi connectivity index (χ0v) is 20.0. The normalized spacial score (nSPS) is 20.9. The van der Waals surface area contributed by atoms with E-state index in [1.165, 1.54) is 0 Å². The zero-order valence-electron chi connectivity index (χ0n) is 18.4. The lowest BCUT2D eigenvalue weighted by atomic mass is 9.71. The highest BCUT2D eigenvalue weighted by molar-refractivity contribution is 9.10. The molecule has 1 aromatic carbocycles. The molecule has 1 saturated carbocycles. The van der Waals surface area contributed by atoms with E-state index in [0.29, 0.717) is 30.9 Å². The number of nitrogens with zero attached hydrogens (tertiary/aromatic N) is 4. The summed E-state index contributed by atoms with van der Waals surface area (Å²) in [6.07, 6.45) is 6.32. The average molecular weight is 508 g/mol. The quantitative estimate of drug-likeness (QED) is 0.408. The Morgan fingerprint density at radius 2 is 1.88 bits per heavy atom. The first-order chi connectivity index (χ1) is 16.0. The van der Waals surface area contributed by atoms with Crippen LogP contribution < -0.4 is 5.73 Å². The Hall–Kier alpha value is -2.81. The van der Waals surface area contributed by atoms with Crippen LogP contribution in [0.4, 0.5) is 5.82 Å². The van der Waals surface area contributed by atoms with Crippen LogP contribution in [-0.4, -0.2) is 44.5 Å². The molecule has 33 heavy (non-hydrogen) atoms. The third-order valence-electron chi connectivity index (χ3n) is 6.60. The molecule has 8 heteroatoms. The molecular formula is C25H26BrN5O2. The number of methoxy groups -OCH3 is 1. The molecule has 0 unspecified atom stereocenters. The van der Waals surface area contributed by atoms with Crippen LogP contribution in [-0.2, 0) is 10.2 Å². The van der Waals surface area contributed by atoms with E-state index in [9.17, 15) is 5.11 Å². The van der Waals surface area contributed by atoms with Gasteiger partial charge in [-0.3, -0.25) is 4.98 Å². The largest absolute Gasteiger partial charge is 0.393 e. The fraction of sp³-hybridized carbons (Fsp3) is 0.320. The summed E-state index contributed by atoms with van der Waals surface area (Å²) < 4.78 is 8.01. The van der Waals surface area contributed by atoms with Crippen molar-refractivity contribution in [2.75, 3.05) is 19.5 Å². The number of fused-ring (bicyclic) bond motifs is 1. The average Bonchev–Trinajstić information content (AvgIpc) is 3.28. The standard InChI is InChI=1S/C25H26BrN5O2/c1-33-15-25(11-9-18(32)10-12-25)22-21(26)23(27)31-24(30-22)19(14-29-31)17-7-8-20(28-13-17)16-5-3-2-4-6-16/h2-8,13-14,18,32H,9-12,15,27H2,1H3. The summed E-state index contributed by atoms with van der Waals surface area (Å²) in [7, 11) is 1.70. The van der Waals surface area contributed by atoms with Gasteiger partial charge in [0.15, 0.2) is 5.65 Å². The fourth-order valence-electron chi connectivity index (χ4n) is 4.76. The van der Waals surface area contributed by atoms with Gasteiger partial charge in [0.25, 0.3) is 0 Å². The van der Waals surface area contributed by atoms with E-state index in [4.69, 9.17) is 15.5 Å². The Labute approximate surface area is 200 Å². The van der Waals surface area contributed by atoms with Crippen LogP contribution in [0.5, 0.6) is 0 Å². The first kappa shape index (κ1) is 22.0. The highest BCUT2D eigenvalue weighted by Crippen LogP contribution is 2.44. The molecule has 0 atom stereocenters. The van der Waals surface area contributed by atoms with Crippen LogP contribution in [0.1, 0.15) is 31.4 Å². The van der Waals surface area contributed by atoms with Gasteiger partial charge in [-0.05, 0) is 47.7 Å². The van der Waals surface area contributed by atoms with Gasteiger partial charge >= 0.3 is 0 Å². The minimum atomic E-state index is -0.320. The molecule has 170 valence electrons. The second-order valence-corrected chi connectivity index (χ2v) is 9.49. The number of anilines is 1. The van der Waals surface area contributed by atoms with E-state index >= 15 is 0 Å². The molecule has 3 heterocycles. The van der Waals surface area contributed by atoms with E-state index in [1.807, 2.05) is 48.7 Å². The second kappa shape index (κ2) is 8.85. The fourth-order valence-corrected chi connectivity index (χ4v) is 5.44. The summed E-state index contributed by atoms with van der Waals surface area (Å²) in [4.78, 5) is 9.74. The van der Waals surface area contributed by atoms with Crippen molar-refractivity contribution in [3.8, 4) is 22.4 Å². The van der Waals surface area contributed by atoms with Gasteiger partial charge in [-0.2, -0.15) is 9.61 Å². The summed E-state index contributed by atoms with van der Waals surface area (Å²) in [5, 5.41) is 14.6. The topological polar surface area (TPSA) is 98.6 Å². The molecule has 1 aliphatic carbocycles. The van der Waals surface area contributed by atoms with Gasteiger partial charge in [-0.1, -0.05) is 36.4 Å². The van der Waals surface area contributed by atoms with Gasteiger partial charge in [-0.25, -0.2) is 4.98 Å². The van der Waals surface area contributed by atoms with Crippen molar-refractivity contribution in [1.82, 2.24) is 19.6 Å². The number of aromatic nitrogens is 4. The van der Waals surface area contributed by atoms with Gasteiger partial charge in [0, 0.05) is 35.4 Å². The molecule has 0 saturated heterocycles. The molecule has 3 aromatic heterocycles. The molecule has 4 aromatic rings. The SMILES string of the molecule is COCC1(c2nc3c(-c4ccc(-c5ccccc5)nc4)cnn3c(N)c2Br)CCC(O)CC1. The molecule has 3 N–H and O–H groups in total. The molecule has 0 bridgehead atoms. The minimum Gasteiger partial charge on any atom is -0.393 e. The lowest BCUT2D eigenvalue weighted by Gasteiger charge is -2.38. The number of nitrogen functional groups attached to an aromatic ring is 1. The smallest absolute Gasteiger partial charge is 0.165 e. The lowest BCUT2D eigenvalue weighted by Crippen LogP contribution is -2.39. The van der Waals surface area contributed by atoms with Crippen molar-refractivity contribution in [3.05, 3.63) is 65.0 Å². The number of aliphatic hydroxyl groups is 1. The number of halogens is 1. The number of hydrogen-bond acceptors (Lipinski definition) is 6. The third-order valence-corrected chi connectivity index (χ3v) is 7.38.